The fourth-order valence-corrected chi connectivity index (χ4v) is 4.50. The van der Waals surface area contributed by atoms with Crippen LogP contribution < -0.4 is 20.1 Å². The third-order valence-corrected chi connectivity index (χ3v) is 6.25. The first-order valence-corrected chi connectivity index (χ1v) is 11.4. The lowest BCUT2D eigenvalue weighted by atomic mass is 9.95. The lowest BCUT2D eigenvalue weighted by Gasteiger charge is -2.36. The molecule has 9 heteroatoms. The minimum atomic E-state index is -0.124. The first-order valence-electron chi connectivity index (χ1n) is 11.4. The Morgan fingerprint density at radius 2 is 1.97 bits per heavy atom. The average Bonchev–Trinajstić information content (AvgIpc) is 3.24. The Morgan fingerprint density at radius 3 is 2.73 bits per heavy atom. The first-order chi connectivity index (χ1) is 16.0. The number of H-pyrrole nitrogens is 1. The molecule has 2 aliphatic rings. The van der Waals surface area contributed by atoms with Crippen molar-refractivity contribution in [1.29, 1.82) is 0 Å². The van der Waals surface area contributed by atoms with Gasteiger partial charge in [0.25, 0.3) is 5.91 Å². The molecule has 0 unspecified atom stereocenters. The van der Waals surface area contributed by atoms with Crippen molar-refractivity contribution in [3.63, 3.8) is 0 Å². The predicted octanol–water partition coefficient (Wildman–Crippen LogP) is 2.83. The van der Waals surface area contributed by atoms with Crippen LogP contribution in [-0.2, 0) is 0 Å². The van der Waals surface area contributed by atoms with E-state index in [0.29, 0.717) is 42.8 Å². The molecule has 1 aromatic carbocycles. The third kappa shape index (κ3) is 4.45. The smallest absolute Gasteiger partial charge is 0.267 e. The molecule has 3 aromatic rings. The molecule has 1 saturated heterocycles. The maximum Gasteiger partial charge on any atom is 0.267 e. The third-order valence-electron chi connectivity index (χ3n) is 6.25. The number of aromatic amines is 1. The fraction of sp³-hybridized carbons (Fsp3) is 0.458. The number of likely N-dealkylation sites (tertiary alicyclic amines) is 1. The fourth-order valence-electron chi connectivity index (χ4n) is 4.50. The average molecular weight is 451 g/mol. The monoisotopic (exact) mass is 450 g/mol. The number of rotatable bonds is 7. The Balaban J connectivity index is 1.36. The second-order valence-electron chi connectivity index (χ2n) is 9.23. The molecular weight excluding hydrogens is 420 g/mol. The van der Waals surface area contributed by atoms with Crippen LogP contribution in [0.5, 0.6) is 11.5 Å². The summed E-state index contributed by atoms with van der Waals surface area (Å²) in [5, 5.41) is 7.38. The topological polar surface area (TPSA) is 104 Å². The minimum absolute atomic E-state index is 0.0123. The van der Waals surface area contributed by atoms with Crippen molar-refractivity contribution < 1.29 is 14.3 Å². The molecule has 3 N–H and O–H groups in total. The van der Waals surface area contributed by atoms with E-state index in [0.717, 1.165) is 35.5 Å². The molecule has 0 radical (unpaired) electrons. The molecule has 2 aromatic heterocycles. The zero-order valence-electron chi connectivity index (χ0n) is 19.2. The molecule has 1 fully saturated rings. The zero-order chi connectivity index (χ0) is 22.9. The number of fused-ring (bicyclic) bond motifs is 2. The molecular formula is C24H30N6O3. The largest absolute Gasteiger partial charge is 0.486 e. The number of carbonyl (C=O) groups is 1. The number of nitrogens with one attached hydrogen (secondary N) is 3. The summed E-state index contributed by atoms with van der Waals surface area (Å²) < 4.78 is 11.4. The van der Waals surface area contributed by atoms with Crippen LogP contribution >= 0.6 is 0 Å². The highest BCUT2D eigenvalue weighted by atomic mass is 16.6. The number of hydrogen-bond acceptors (Lipinski definition) is 7. The molecule has 0 spiro atoms. The van der Waals surface area contributed by atoms with Crippen LogP contribution in [-0.4, -0.2) is 65.7 Å². The van der Waals surface area contributed by atoms with Gasteiger partial charge in [-0.25, -0.2) is 9.97 Å². The number of benzene rings is 1. The molecule has 0 aliphatic carbocycles. The van der Waals surface area contributed by atoms with Gasteiger partial charge in [-0.15, -0.1) is 0 Å². The van der Waals surface area contributed by atoms with E-state index in [2.05, 4.69) is 57.4 Å². The van der Waals surface area contributed by atoms with Crippen molar-refractivity contribution in [3.05, 3.63) is 41.9 Å². The molecule has 1 amide bonds. The van der Waals surface area contributed by atoms with Gasteiger partial charge < -0.3 is 30.0 Å². The summed E-state index contributed by atoms with van der Waals surface area (Å²) in [6.45, 7) is 8.13. The SMILES string of the molecule is CC(C)[C@@H](Nc1ncnc2[nH]c(C(=O)NCC3CN(C)C3)cc12)c1ccc2c(c1)OCCO2. The molecule has 9 nitrogen and oxygen atoms in total. The van der Waals surface area contributed by atoms with Gasteiger partial charge >= 0.3 is 0 Å². The Kier molecular flexibility index (Phi) is 5.80. The molecule has 0 saturated carbocycles. The van der Waals surface area contributed by atoms with Crippen molar-refractivity contribution in [3.8, 4) is 11.5 Å². The molecule has 174 valence electrons. The number of ether oxygens (including phenoxy) is 2. The molecule has 2 aliphatic heterocycles. The van der Waals surface area contributed by atoms with E-state index in [9.17, 15) is 4.79 Å². The van der Waals surface area contributed by atoms with E-state index in [1.807, 2.05) is 18.2 Å². The summed E-state index contributed by atoms with van der Waals surface area (Å²) in [7, 11) is 2.08. The van der Waals surface area contributed by atoms with Gasteiger partial charge in [0, 0.05) is 25.6 Å². The first kappa shape index (κ1) is 21.5. The maximum absolute atomic E-state index is 12.7. The second-order valence-corrected chi connectivity index (χ2v) is 9.23. The highest BCUT2D eigenvalue weighted by Crippen LogP contribution is 2.36. The lowest BCUT2D eigenvalue weighted by molar-refractivity contribution is 0.0894. The summed E-state index contributed by atoms with van der Waals surface area (Å²) in [5.41, 5.74) is 2.20. The lowest BCUT2D eigenvalue weighted by Crippen LogP contribution is -2.49. The summed E-state index contributed by atoms with van der Waals surface area (Å²) in [6, 6.07) is 7.84. The number of nitrogens with zero attached hydrogens (tertiary/aromatic N) is 3. The highest BCUT2D eigenvalue weighted by Gasteiger charge is 2.25. The van der Waals surface area contributed by atoms with Crippen LogP contribution in [0.3, 0.4) is 0 Å². The van der Waals surface area contributed by atoms with Gasteiger partial charge in [0.15, 0.2) is 11.5 Å². The van der Waals surface area contributed by atoms with Crippen molar-refractivity contribution in [2.45, 2.75) is 19.9 Å². The number of hydrogen-bond donors (Lipinski definition) is 3. The summed E-state index contributed by atoms with van der Waals surface area (Å²) in [6.07, 6.45) is 1.51. The van der Waals surface area contributed by atoms with Gasteiger partial charge in [-0.3, -0.25) is 4.79 Å². The Bertz CT molecular complexity index is 1150. The maximum atomic E-state index is 12.7. The van der Waals surface area contributed by atoms with Crippen LogP contribution in [0.1, 0.15) is 35.9 Å². The van der Waals surface area contributed by atoms with Gasteiger partial charge in [0.2, 0.25) is 0 Å². The highest BCUT2D eigenvalue weighted by molar-refractivity contribution is 5.99. The van der Waals surface area contributed by atoms with E-state index in [-0.39, 0.29) is 17.9 Å². The van der Waals surface area contributed by atoms with Crippen LogP contribution in [0.2, 0.25) is 0 Å². The predicted molar refractivity (Wildman–Crippen MR) is 126 cm³/mol. The van der Waals surface area contributed by atoms with Crippen LogP contribution in [0.15, 0.2) is 30.6 Å². The van der Waals surface area contributed by atoms with Gasteiger partial charge in [-0.2, -0.15) is 0 Å². The number of anilines is 1. The van der Waals surface area contributed by atoms with Crippen molar-refractivity contribution in [2.24, 2.45) is 11.8 Å². The van der Waals surface area contributed by atoms with Crippen molar-refractivity contribution in [1.82, 2.24) is 25.2 Å². The number of carbonyl (C=O) groups excluding carboxylic acids is 1. The van der Waals surface area contributed by atoms with Gasteiger partial charge in [-0.1, -0.05) is 19.9 Å². The van der Waals surface area contributed by atoms with Gasteiger partial charge in [0.1, 0.15) is 36.7 Å². The van der Waals surface area contributed by atoms with E-state index >= 15 is 0 Å². The van der Waals surface area contributed by atoms with E-state index in [1.165, 1.54) is 6.33 Å². The zero-order valence-corrected chi connectivity index (χ0v) is 19.2. The Labute approximate surface area is 192 Å². The summed E-state index contributed by atoms with van der Waals surface area (Å²) >= 11 is 0. The number of aromatic nitrogens is 3. The quantitative estimate of drug-likeness (QED) is 0.508. The van der Waals surface area contributed by atoms with E-state index in [4.69, 9.17) is 9.47 Å². The molecule has 0 bridgehead atoms. The van der Waals surface area contributed by atoms with E-state index < -0.39 is 0 Å². The van der Waals surface area contributed by atoms with Gasteiger partial charge in [-0.05, 0) is 36.7 Å². The Morgan fingerprint density at radius 1 is 1.18 bits per heavy atom. The van der Waals surface area contributed by atoms with Crippen LogP contribution in [0, 0.1) is 11.8 Å². The van der Waals surface area contributed by atoms with Crippen molar-refractivity contribution >= 4 is 22.8 Å². The summed E-state index contributed by atoms with van der Waals surface area (Å²) in [4.78, 5) is 26.9. The molecule has 5 rings (SSSR count). The summed E-state index contributed by atoms with van der Waals surface area (Å²) in [5.74, 6) is 2.88. The van der Waals surface area contributed by atoms with E-state index in [1.54, 1.807) is 0 Å². The van der Waals surface area contributed by atoms with Crippen LogP contribution in [0.25, 0.3) is 11.0 Å². The number of amides is 1. The molecule has 4 heterocycles. The molecule has 33 heavy (non-hydrogen) atoms. The molecule has 1 atom stereocenters. The second kappa shape index (κ2) is 8.90. The van der Waals surface area contributed by atoms with Gasteiger partial charge in [0.05, 0.1) is 11.4 Å². The standard InChI is InChI=1S/C24H30N6O3/c1-14(2)21(16-4-5-19-20(8-16)33-7-6-32-19)29-23-17-9-18(28-22(17)26-13-27-23)24(31)25-10-15-11-30(3)12-15/h4-5,8-9,13-15,21H,6-7,10-12H2,1-3H3,(H,25,31)(H2,26,27,28,29)/t21-/m1/s1. The normalized spacial score (nSPS) is 17.1. The van der Waals surface area contributed by atoms with Crippen molar-refractivity contribution in [2.75, 3.05) is 45.2 Å². The van der Waals surface area contributed by atoms with Crippen LogP contribution in [0.4, 0.5) is 5.82 Å². The Hall–Kier alpha value is -3.33. The minimum Gasteiger partial charge on any atom is -0.486 e.